The van der Waals surface area contributed by atoms with Crippen LogP contribution < -0.4 is 15.0 Å². The van der Waals surface area contributed by atoms with Gasteiger partial charge >= 0.3 is 0 Å². The topological polar surface area (TPSA) is 24.5 Å². The number of benzene rings is 1. The maximum atomic E-state index is 13.8. The summed E-state index contributed by atoms with van der Waals surface area (Å²) in [6.07, 6.45) is 0. The van der Waals surface area contributed by atoms with E-state index in [1.165, 1.54) is 0 Å². The Bertz CT molecular complexity index is 411. The third kappa shape index (κ3) is 2.75. The molecule has 1 N–H and O–H groups in total. The molecule has 0 saturated carbocycles. The quantitative estimate of drug-likeness (QED) is 0.894. The Morgan fingerprint density at radius 3 is 2.89 bits per heavy atom. The van der Waals surface area contributed by atoms with Gasteiger partial charge in [-0.3, -0.25) is 0 Å². The number of hydrogen-bond acceptors (Lipinski definition) is 3. The maximum Gasteiger partial charge on any atom is 0.167 e. The minimum atomic E-state index is -0.285. The molecule has 2 rings (SSSR count). The molecule has 0 radical (unpaired) electrons. The number of halogens is 1. The lowest BCUT2D eigenvalue weighted by Gasteiger charge is -2.39. The number of hydrogen-bond donors (Lipinski definition) is 1. The van der Waals surface area contributed by atoms with Crippen molar-refractivity contribution in [3.63, 3.8) is 0 Å². The summed E-state index contributed by atoms with van der Waals surface area (Å²) in [5.74, 6) is 0.0461. The highest BCUT2D eigenvalue weighted by Gasteiger charge is 2.23. The van der Waals surface area contributed by atoms with E-state index in [0.717, 1.165) is 18.8 Å². The Morgan fingerprint density at radius 2 is 2.22 bits per heavy atom. The summed E-state index contributed by atoms with van der Waals surface area (Å²) >= 11 is 0. The molecule has 0 spiro atoms. The first-order valence-electron chi connectivity index (χ1n) is 6.54. The molecule has 1 aliphatic heterocycles. The minimum absolute atomic E-state index is 0.285. The van der Waals surface area contributed by atoms with Gasteiger partial charge in [-0.1, -0.05) is 0 Å². The van der Waals surface area contributed by atoms with Gasteiger partial charge < -0.3 is 15.0 Å². The minimum Gasteiger partial charge on any atom is -0.491 e. The third-order valence-electron chi connectivity index (χ3n) is 3.31. The molecular weight excluding hydrogens is 231 g/mol. The van der Waals surface area contributed by atoms with Crippen LogP contribution in [-0.4, -0.2) is 31.8 Å². The summed E-state index contributed by atoms with van der Waals surface area (Å²) in [4.78, 5) is 2.24. The number of nitrogens with one attached hydrogen (secondary N) is 1. The number of anilines is 1. The molecule has 18 heavy (non-hydrogen) atoms. The second kappa shape index (κ2) is 5.57. The van der Waals surface area contributed by atoms with Gasteiger partial charge in [0, 0.05) is 36.9 Å². The van der Waals surface area contributed by atoms with Crippen molar-refractivity contribution in [3.05, 3.63) is 24.0 Å². The van der Waals surface area contributed by atoms with Crippen molar-refractivity contribution in [1.29, 1.82) is 0 Å². The van der Waals surface area contributed by atoms with Crippen LogP contribution in [0, 0.1) is 5.82 Å². The van der Waals surface area contributed by atoms with Crippen molar-refractivity contribution < 1.29 is 9.13 Å². The molecule has 1 aromatic carbocycles. The fraction of sp³-hybridized carbons (Fsp3) is 0.571. The predicted molar refractivity (Wildman–Crippen MR) is 71.8 cm³/mol. The molecule has 0 aromatic heterocycles. The standard InChI is InChI=1S/C14H21FN2O/c1-4-18-14-6-5-12(7-13(14)15)17-9-10(2)16-8-11(17)3/h5-7,10-11,16H,4,8-9H2,1-3H3. The summed E-state index contributed by atoms with van der Waals surface area (Å²) in [5.41, 5.74) is 0.928. The molecule has 100 valence electrons. The van der Waals surface area contributed by atoms with Crippen LogP contribution in [0.15, 0.2) is 18.2 Å². The van der Waals surface area contributed by atoms with Crippen LogP contribution in [-0.2, 0) is 0 Å². The molecule has 4 heteroatoms. The highest BCUT2D eigenvalue weighted by atomic mass is 19.1. The van der Waals surface area contributed by atoms with Gasteiger partial charge in [0.15, 0.2) is 11.6 Å². The van der Waals surface area contributed by atoms with Crippen molar-refractivity contribution in [2.75, 3.05) is 24.6 Å². The van der Waals surface area contributed by atoms with Gasteiger partial charge in [0.25, 0.3) is 0 Å². The molecule has 1 heterocycles. The van der Waals surface area contributed by atoms with Crippen molar-refractivity contribution in [3.8, 4) is 5.75 Å². The monoisotopic (exact) mass is 252 g/mol. The fourth-order valence-corrected chi connectivity index (χ4v) is 2.32. The molecule has 1 aliphatic rings. The van der Waals surface area contributed by atoms with Gasteiger partial charge in [-0.25, -0.2) is 4.39 Å². The van der Waals surface area contributed by atoms with E-state index in [4.69, 9.17) is 4.74 Å². The van der Waals surface area contributed by atoms with E-state index in [2.05, 4.69) is 24.1 Å². The largest absolute Gasteiger partial charge is 0.491 e. The van der Waals surface area contributed by atoms with E-state index in [-0.39, 0.29) is 5.82 Å². The van der Waals surface area contributed by atoms with E-state index in [0.29, 0.717) is 24.4 Å². The lowest BCUT2D eigenvalue weighted by Crippen LogP contribution is -2.54. The second-order valence-electron chi connectivity index (χ2n) is 4.86. The van der Waals surface area contributed by atoms with Crippen molar-refractivity contribution in [1.82, 2.24) is 5.32 Å². The van der Waals surface area contributed by atoms with Crippen LogP contribution in [0.3, 0.4) is 0 Å². The van der Waals surface area contributed by atoms with Crippen molar-refractivity contribution in [2.24, 2.45) is 0 Å². The zero-order chi connectivity index (χ0) is 13.1. The van der Waals surface area contributed by atoms with E-state index in [1.54, 1.807) is 12.1 Å². The molecule has 1 fully saturated rings. The van der Waals surface area contributed by atoms with Crippen LogP contribution in [0.2, 0.25) is 0 Å². The lowest BCUT2D eigenvalue weighted by molar-refractivity contribution is 0.321. The SMILES string of the molecule is CCOc1ccc(N2CC(C)NCC2C)cc1F. The molecular formula is C14H21FN2O. The average molecular weight is 252 g/mol. The summed E-state index contributed by atoms with van der Waals surface area (Å²) < 4.78 is 19.1. The first-order chi connectivity index (χ1) is 8.61. The fourth-order valence-electron chi connectivity index (χ4n) is 2.32. The average Bonchev–Trinajstić information content (AvgIpc) is 2.35. The first-order valence-corrected chi connectivity index (χ1v) is 6.54. The number of piperazine rings is 1. The smallest absolute Gasteiger partial charge is 0.167 e. The van der Waals surface area contributed by atoms with Gasteiger partial charge in [-0.05, 0) is 32.9 Å². The number of nitrogens with zero attached hydrogens (tertiary/aromatic N) is 1. The Balaban J connectivity index is 2.19. The van der Waals surface area contributed by atoms with Crippen molar-refractivity contribution in [2.45, 2.75) is 32.9 Å². The first kappa shape index (κ1) is 13.1. The molecule has 3 nitrogen and oxygen atoms in total. The van der Waals surface area contributed by atoms with Gasteiger partial charge in [-0.2, -0.15) is 0 Å². The molecule has 0 bridgehead atoms. The van der Waals surface area contributed by atoms with E-state index >= 15 is 0 Å². The van der Waals surface area contributed by atoms with Crippen LogP contribution in [0.1, 0.15) is 20.8 Å². The summed E-state index contributed by atoms with van der Waals surface area (Å²) in [5, 5.41) is 3.42. The Hall–Kier alpha value is -1.29. The normalized spacial score (nSPS) is 24.1. The van der Waals surface area contributed by atoms with E-state index in [9.17, 15) is 4.39 Å². The highest BCUT2D eigenvalue weighted by Crippen LogP contribution is 2.26. The highest BCUT2D eigenvalue weighted by molar-refractivity contribution is 5.51. The zero-order valence-electron chi connectivity index (χ0n) is 11.2. The summed E-state index contributed by atoms with van der Waals surface area (Å²) in [6, 6.07) is 6.02. The second-order valence-corrected chi connectivity index (χ2v) is 4.86. The molecule has 0 amide bonds. The summed E-state index contributed by atoms with van der Waals surface area (Å²) in [6.45, 7) is 8.45. The third-order valence-corrected chi connectivity index (χ3v) is 3.31. The zero-order valence-corrected chi connectivity index (χ0v) is 11.2. The molecule has 2 atom stereocenters. The Kier molecular flexibility index (Phi) is 4.07. The molecule has 0 aliphatic carbocycles. The van der Waals surface area contributed by atoms with Gasteiger partial charge in [0.05, 0.1) is 6.61 Å². The Labute approximate surface area is 108 Å². The van der Waals surface area contributed by atoms with Crippen molar-refractivity contribution >= 4 is 5.69 Å². The number of ether oxygens (including phenoxy) is 1. The number of rotatable bonds is 3. The predicted octanol–water partition coefficient (Wildman–Crippen LogP) is 2.41. The molecule has 1 aromatic rings. The lowest BCUT2D eigenvalue weighted by atomic mass is 10.1. The Morgan fingerprint density at radius 1 is 1.44 bits per heavy atom. The van der Waals surface area contributed by atoms with Gasteiger partial charge in [-0.15, -0.1) is 0 Å². The van der Waals surface area contributed by atoms with Crippen LogP contribution in [0.4, 0.5) is 10.1 Å². The molecule has 1 saturated heterocycles. The van der Waals surface area contributed by atoms with E-state index in [1.807, 2.05) is 13.0 Å². The molecule has 2 unspecified atom stereocenters. The van der Waals surface area contributed by atoms with Gasteiger partial charge in [0.2, 0.25) is 0 Å². The summed E-state index contributed by atoms with van der Waals surface area (Å²) in [7, 11) is 0. The van der Waals surface area contributed by atoms with E-state index < -0.39 is 0 Å². The van der Waals surface area contributed by atoms with Gasteiger partial charge in [0.1, 0.15) is 0 Å². The van der Waals surface area contributed by atoms with Crippen LogP contribution in [0.25, 0.3) is 0 Å². The van der Waals surface area contributed by atoms with Crippen LogP contribution in [0.5, 0.6) is 5.75 Å². The van der Waals surface area contributed by atoms with Crippen LogP contribution >= 0.6 is 0 Å². The maximum absolute atomic E-state index is 13.8.